The summed E-state index contributed by atoms with van der Waals surface area (Å²) in [6, 6.07) is 2.88. The van der Waals surface area contributed by atoms with Crippen LogP contribution < -0.4 is 10.9 Å². The first-order chi connectivity index (χ1) is 9.72. The molecule has 2 aliphatic heterocycles. The largest absolute Gasteiger partial charge is 0.381 e. The minimum atomic E-state index is -0.411. The molecule has 0 radical (unpaired) electrons. The first kappa shape index (κ1) is 11.8. The Morgan fingerprint density at radius 1 is 1.40 bits per heavy atom. The van der Waals surface area contributed by atoms with Gasteiger partial charge in [-0.1, -0.05) is 0 Å². The third kappa shape index (κ3) is 1.71. The van der Waals surface area contributed by atoms with Gasteiger partial charge in [0.05, 0.1) is 17.7 Å². The number of hydrogen-bond donors (Lipinski definition) is 2. The number of nitrogens with one attached hydrogen (secondary N) is 2. The third-order valence-electron chi connectivity index (χ3n) is 4.22. The highest BCUT2D eigenvalue weighted by Gasteiger charge is 2.31. The molecule has 0 spiro atoms. The van der Waals surface area contributed by atoms with Gasteiger partial charge in [0, 0.05) is 36.1 Å². The summed E-state index contributed by atoms with van der Waals surface area (Å²) in [7, 11) is 0. The SMILES string of the molecule is O=c1[nH]nc2c3c(cc(F)cc13)N[C@H]([C@H]1CCOC1)C2. The van der Waals surface area contributed by atoms with Gasteiger partial charge in [0.15, 0.2) is 0 Å². The second-order valence-electron chi connectivity index (χ2n) is 5.45. The molecule has 3 heterocycles. The van der Waals surface area contributed by atoms with Crippen LogP contribution in [-0.4, -0.2) is 29.5 Å². The van der Waals surface area contributed by atoms with E-state index in [2.05, 4.69) is 15.5 Å². The molecular formula is C14H14FN3O2. The smallest absolute Gasteiger partial charge is 0.272 e. The lowest BCUT2D eigenvalue weighted by atomic mass is 9.89. The van der Waals surface area contributed by atoms with Gasteiger partial charge in [0.1, 0.15) is 5.82 Å². The topological polar surface area (TPSA) is 67.0 Å². The Labute approximate surface area is 114 Å². The molecule has 1 saturated heterocycles. The summed E-state index contributed by atoms with van der Waals surface area (Å²) in [6.45, 7) is 1.49. The van der Waals surface area contributed by atoms with Crippen LogP contribution in [0.25, 0.3) is 10.8 Å². The normalized spacial score (nSPS) is 24.9. The number of rotatable bonds is 1. The maximum absolute atomic E-state index is 13.7. The van der Waals surface area contributed by atoms with Gasteiger partial charge >= 0.3 is 0 Å². The average molecular weight is 275 g/mol. The van der Waals surface area contributed by atoms with Crippen molar-refractivity contribution >= 4 is 16.5 Å². The van der Waals surface area contributed by atoms with Crippen molar-refractivity contribution in [2.24, 2.45) is 5.92 Å². The van der Waals surface area contributed by atoms with Crippen molar-refractivity contribution in [3.05, 3.63) is 34.0 Å². The van der Waals surface area contributed by atoms with Gasteiger partial charge in [0.2, 0.25) is 0 Å². The van der Waals surface area contributed by atoms with Crippen LogP contribution in [0.2, 0.25) is 0 Å². The molecule has 5 nitrogen and oxygen atoms in total. The number of halogens is 1. The van der Waals surface area contributed by atoms with E-state index in [9.17, 15) is 9.18 Å². The quantitative estimate of drug-likeness (QED) is 0.826. The molecule has 2 aliphatic rings. The Balaban J connectivity index is 1.86. The molecule has 2 aromatic rings. The fourth-order valence-corrected chi connectivity index (χ4v) is 3.21. The molecule has 0 bridgehead atoms. The maximum atomic E-state index is 13.7. The van der Waals surface area contributed by atoms with Crippen molar-refractivity contribution < 1.29 is 9.13 Å². The molecule has 2 atom stereocenters. The number of aromatic amines is 1. The predicted molar refractivity (Wildman–Crippen MR) is 72.4 cm³/mol. The summed E-state index contributed by atoms with van der Waals surface area (Å²) in [5.74, 6) is -0.0128. The van der Waals surface area contributed by atoms with Crippen LogP contribution in [0, 0.1) is 11.7 Å². The van der Waals surface area contributed by atoms with Crippen LogP contribution in [-0.2, 0) is 11.2 Å². The number of H-pyrrole nitrogens is 1. The Kier molecular flexibility index (Phi) is 2.53. The van der Waals surface area contributed by atoms with E-state index in [-0.39, 0.29) is 11.6 Å². The first-order valence-electron chi connectivity index (χ1n) is 6.77. The molecule has 20 heavy (non-hydrogen) atoms. The zero-order chi connectivity index (χ0) is 13.7. The fourth-order valence-electron chi connectivity index (χ4n) is 3.21. The molecule has 1 aromatic heterocycles. The second kappa shape index (κ2) is 4.28. The highest BCUT2D eigenvalue weighted by molar-refractivity contribution is 5.96. The zero-order valence-corrected chi connectivity index (χ0v) is 10.8. The molecule has 1 aromatic carbocycles. The predicted octanol–water partition coefficient (Wildman–Crippen LogP) is 1.44. The van der Waals surface area contributed by atoms with E-state index >= 15 is 0 Å². The summed E-state index contributed by atoms with van der Waals surface area (Å²) < 4.78 is 19.1. The summed E-state index contributed by atoms with van der Waals surface area (Å²) in [4.78, 5) is 11.8. The number of benzene rings is 1. The standard InChI is InChI=1S/C14H14FN3O2/c15-8-3-9-13-11(4-8)16-10(7-1-2-20-6-7)5-12(13)17-18-14(9)19/h3-4,7,10,16H,1-2,5-6H2,(H,18,19)/t7-,10-/m0/s1. The Morgan fingerprint density at radius 3 is 3.10 bits per heavy atom. The first-order valence-corrected chi connectivity index (χ1v) is 6.77. The lowest BCUT2D eigenvalue weighted by molar-refractivity contribution is 0.182. The molecule has 0 amide bonds. The van der Waals surface area contributed by atoms with Gasteiger partial charge in [0.25, 0.3) is 5.56 Å². The Hall–Kier alpha value is -1.95. The van der Waals surface area contributed by atoms with Crippen LogP contribution in [0.15, 0.2) is 16.9 Å². The highest BCUT2D eigenvalue weighted by Crippen LogP contribution is 2.34. The lowest BCUT2D eigenvalue weighted by Gasteiger charge is -2.29. The van der Waals surface area contributed by atoms with Crippen LogP contribution >= 0.6 is 0 Å². The molecule has 6 heteroatoms. The molecule has 0 unspecified atom stereocenters. The average Bonchev–Trinajstić information content (AvgIpc) is 2.96. The van der Waals surface area contributed by atoms with Gasteiger partial charge in [-0.25, -0.2) is 9.49 Å². The van der Waals surface area contributed by atoms with E-state index < -0.39 is 5.82 Å². The van der Waals surface area contributed by atoms with E-state index in [1.54, 1.807) is 0 Å². The molecule has 0 saturated carbocycles. The van der Waals surface area contributed by atoms with Crippen LogP contribution in [0.5, 0.6) is 0 Å². The van der Waals surface area contributed by atoms with E-state index in [1.165, 1.54) is 12.1 Å². The van der Waals surface area contributed by atoms with E-state index in [0.29, 0.717) is 17.0 Å². The Bertz CT molecular complexity index is 737. The Morgan fingerprint density at radius 2 is 2.30 bits per heavy atom. The van der Waals surface area contributed by atoms with Crippen molar-refractivity contribution in [2.45, 2.75) is 18.9 Å². The van der Waals surface area contributed by atoms with Crippen LogP contribution in [0.3, 0.4) is 0 Å². The highest BCUT2D eigenvalue weighted by atomic mass is 19.1. The van der Waals surface area contributed by atoms with Gasteiger partial charge in [-0.15, -0.1) is 0 Å². The van der Waals surface area contributed by atoms with Gasteiger partial charge in [-0.3, -0.25) is 4.79 Å². The van der Waals surface area contributed by atoms with E-state index in [4.69, 9.17) is 4.74 Å². The molecule has 4 rings (SSSR count). The number of hydrogen-bond acceptors (Lipinski definition) is 4. The second-order valence-corrected chi connectivity index (χ2v) is 5.45. The van der Waals surface area contributed by atoms with Crippen molar-refractivity contribution in [3.63, 3.8) is 0 Å². The molecular weight excluding hydrogens is 261 g/mol. The number of anilines is 1. The summed E-state index contributed by atoms with van der Waals surface area (Å²) in [5.41, 5.74) is 1.14. The monoisotopic (exact) mass is 275 g/mol. The molecule has 0 aliphatic carbocycles. The zero-order valence-electron chi connectivity index (χ0n) is 10.8. The maximum Gasteiger partial charge on any atom is 0.272 e. The number of nitrogens with zero attached hydrogens (tertiary/aromatic N) is 1. The number of aromatic nitrogens is 2. The summed E-state index contributed by atoms with van der Waals surface area (Å²) in [6.07, 6.45) is 1.72. The minimum Gasteiger partial charge on any atom is -0.381 e. The fraction of sp³-hybridized carbons (Fsp3) is 0.429. The van der Waals surface area contributed by atoms with Crippen LogP contribution in [0.1, 0.15) is 12.1 Å². The van der Waals surface area contributed by atoms with Crippen molar-refractivity contribution in [1.82, 2.24) is 10.2 Å². The lowest BCUT2D eigenvalue weighted by Crippen LogP contribution is -2.35. The van der Waals surface area contributed by atoms with E-state index in [1.807, 2.05) is 0 Å². The molecule has 1 fully saturated rings. The van der Waals surface area contributed by atoms with Gasteiger partial charge < -0.3 is 10.1 Å². The van der Waals surface area contributed by atoms with Gasteiger partial charge in [-0.05, 0) is 18.6 Å². The van der Waals surface area contributed by atoms with E-state index in [0.717, 1.165) is 37.1 Å². The van der Waals surface area contributed by atoms with Crippen LogP contribution in [0.4, 0.5) is 10.1 Å². The van der Waals surface area contributed by atoms with Crippen molar-refractivity contribution in [1.29, 1.82) is 0 Å². The summed E-state index contributed by atoms with van der Waals surface area (Å²) in [5, 5.41) is 11.1. The van der Waals surface area contributed by atoms with Crippen molar-refractivity contribution in [3.8, 4) is 0 Å². The van der Waals surface area contributed by atoms with Gasteiger partial charge in [-0.2, -0.15) is 5.10 Å². The number of ether oxygens (including phenoxy) is 1. The van der Waals surface area contributed by atoms with Crippen molar-refractivity contribution in [2.75, 3.05) is 18.5 Å². The minimum absolute atomic E-state index is 0.174. The molecule has 104 valence electrons. The summed E-state index contributed by atoms with van der Waals surface area (Å²) >= 11 is 0. The third-order valence-corrected chi connectivity index (χ3v) is 4.22. The molecule has 2 N–H and O–H groups in total.